The van der Waals surface area contributed by atoms with Crippen molar-refractivity contribution >= 4 is 34.1 Å². The maximum Gasteiger partial charge on any atom is 0.270 e. The Morgan fingerprint density at radius 1 is 1.21 bits per heavy atom. The lowest BCUT2D eigenvalue weighted by Crippen LogP contribution is -2.47. The normalized spacial score (nSPS) is 10.6. The van der Waals surface area contributed by atoms with E-state index in [-0.39, 0.29) is 5.91 Å². The Hall–Kier alpha value is -2.97. The molecule has 0 saturated carbocycles. The van der Waals surface area contributed by atoms with E-state index in [1.54, 1.807) is 24.5 Å². The maximum absolute atomic E-state index is 12.8. The van der Waals surface area contributed by atoms with E-state index in [0.717, 1.165) is 11.8 Å². The molecule has 0 radical (unpaired) electrons. The number of ether oxygens (including phenoxy) is 1. The number of furan rings is 1. The van der Waals surface area contributed by atoms with E-state index in [2.05, 4.69) is 21.2 Å². The summed E-state index contributed by atoms with van der Waals surface area (Å²) in [6.45, 7) is 3.97. The fourth-order valence-corrected chi connectivity index (χ4v) is 2.81. The average molecular weight is 398 g/mol. The first-order valence-electron chi connectivity index (χ1n) is 9.04. The highest BCUT2D eigenvalue weighted by molar-refractivity contribution is 7.80. The summed E-state index contributed by atoms with van der Waals surface area (Å²) in [5, 5.41) is 4.10. The largest absolute Gasteiger partial charge is 0.463 e. The van der Waals surface area contributed by atoms with Gasteiger partial charge in [-0.2, -0.15) is 0 Å². The molecule has 0 bridgehead atoms. The molecule has 0 unspecified atom stereocenters. The third-order valence-corrected chi connectivity index (χ3v) is 4.23. The first-order chi connectivity index (χ1) is 13.7. The van der Waals surface area contributed by atoms with Crippen LogP contribution in [0.3, 0.4) is 0 Å². The lowest BCUT2D eigenvalue weighted by atomic mass is 10.1. The van der Waals surface area contributed by atoms with Gasteiger partial charge in [-0.1, -0.05) is 18.2 Å². The van der Waals surface area contributed by atoms with E-state index in [9.17, 15) is 4.79 Å². The van der Waals surface area contributed by atoms with Gasteiger partial charge in [0.1, 0.15) is 5.69 Å². The van der Waals surface area contributed by atoms with Gasteiger partial charge in [-0.05, 0) is 49.8 Å². The van der Waals surface area contributed by atoms with Crippen LogP contribution in [-0.4, -0.2) is 35.8 Å². The molecule has 0 aliphatic heterocycles. The topological polar surface area (TPSA) is 88.4 Å². The molecule has 0 fully saturated rings. The molecule has 0 aliphatic rings. The number of amides is 1. The van der Waals surface area contributed by atoms with Gasteiger partial charge in [0.25, 0.3) is 5.91 Å². The van der Waals surface area contributed by atoms with Gasteiger partial charge < -0.3 is 14.5 Å². The molecule has 8 heteroatoms. The van der Waals surface area contributed by atoms with Crippen LogP contribution in [0.2, 0.25) is 0 Å². The molecular formula is C20H22N4O3S. The fourth-order valence-electron chi connectivity index (χ4n) is 2.66. The number of nitrogens with zero attached hydrogens (tertiary/aromatic N) is 1. The number of hydrazine groups is 1. The molecule has 2 heterocycles. The van der Waals surface area contributed by atoms with Crippen molar-refractivity contribution in [3.05, 3.63) is 54.3 Å². The molecule has 146 valence electrons. The molecule has 3 aromatic rings. The zero-order valence-electron chi connectivity index (χ0n) is 15.5. The molecule has 1 aromatic carbocycles. The SMILES string of the molecule is CCOCCCNC(=S)NNC(=O)c1cc(-c2ccco2)nc2ccccc12. The Labute approximate surface area is 168 Å². The predicted octanol–water partition coefficient (Wildman–Crippen LogP) is 3.03. The Morgan fingerprint density at radius 2 is 2.07 bits per heavy atom. The summed E-state index contributed by atoms with van der Waals surface area (Å²) in [6, 6.07) is 12.7. The molecular weight excluding hydrogens is 376 g/mol. The lowest BCUT2D eigenvalue weighted by Gasteiger charge is -2.13. The van der Waals surface area contributed by atoms with Crippen LogP contribution in [0, 0.1) is 0 Å². The number of carbonyl (C=O) groups excluding carboxylic acids is 1. The third-order valence-electron chi connectivity index (χ3n) is 3.98. The minimum atomic E-state index is -0.315. The second kappa shape index (κ2) is 9.82. The number of thiocarbonyl (C=S) groups is 1. The summed E-state index contributed by atoms with van der Waals surface area (Å²) in [5.41, 5.74) is 7.13. The number of benzene rings is 1. The van der Waals surface area contributed by atoms with Crippen LogP contribution in [0.15, 0.2) is 53.1 Å². The zero-order valence-corrected chi connectivity index (χ0v) is 16.3. The highest BCUT2D eigenvalue weighted by Crippen LogP contribution is 2.25. The Kier molecular flexibility index (Phi) is 6.94. The van der Waals surface area contributed by atoms with Crippen LogP contribution >= 0.6 is 12.2 Å². The number of fused-ring (bicyclic) bond motifs is 1. The number of hydrogen-bond donors (Lipinski definition) is 3. The zero-order chi connectivity index (χ0) is 19.8. The molecule has 1 amide bonds. The summed E-state index contributed by atoms with van der Waals surface area (Å²) in [6.07, 6.45) is 2.40. The summed E-state index contributed by atoms with van der Waals surface area (Å²) in [7, 11) is 0. The molecule has 0 saturated heterocycles. The molecule has 3 rings (SSSR count). The van der Waals surface area contributed by atoms with E-state index >= 15 is 0 Å². The minimum Gasteiger partial charge on any atom is -0.463 e. The van der Waals surface area contributed by atoms with Crippen molar-refractivity contribution in [1.29, 1.82) is 0 Å². The van der Waals surface area contributed by atoms with E-state index in [4.69, 9.17) is 21.4 Å². The first-order valence-corrected chi connectivity index (χ1v) is 9.45. The van der Waals surface area contributed by atoms with Crippen molar-refractivity contribution in [2.24, 2.45) is 0 Å². The van der Waals surface area contributed by atoms with Gasteiger partial charge in [-0.3, -0.25) is 15.6 Å². The van der Waals surface area contributed by atoms with Gasteiger partial charge in [0.2, 0.25) is 0 Å². The van der Waals surface area contributed by atoms with Crippen LogP contribution in [0.1, 0.15) is 23.7 Å². The van der Waals surface area contributed by atoms with Crippen molar-refractivity contribution < 1.29 is 13.9 Å². The number of nitrogens with one attached hydrogen (secondary N) is 3. The fraction of sp³-hybridized carbons (Fsp3) is 0.250. The smallest absolute Gasteiger partial charge is 0.270 e. The number of hydrogen-bond acceptors (Lipinski definition) is 5. The van der Waals surface area contributed by atoms with Gasteiger partial charge in [0.05, 0.1) is 17.3 Å². The lowest BCUT2D eigenvalue weighted by molar-refractivity contribution is 0.0945. The molecule has 3 N–H and O–H groups in total. The number of aromatic nitrogens is 1. The van der Waals surface area contributed by atoms with Crippen molar-refractivity contribution in [3.8, 4) is 11.5 Å². The van der Waals surface area contributed by atoms with Gasteiger partial charge in [-0.15, -0.1) is 0 Å². The van der Waals surface area contributed by atoms with E-state index in [0.29, 0.717) is 47.4 Å². The number of rotatable bonds is 7. The van der Waals surface area contributed by atoms with Crippen molar-refractivity contribution in [1.82, 2.24) is 21.2 Å². The number of pyridine rings is 1. The average Bonchev–Trinajstić information content (AvgIpc) is 3.26. The van der Waals surface area contributed by atoms with E-state index < -0.39 is 0 Å². The Morgan fingerprint density at radius 3 is 2.86 bits per heavy atom. The van der Waals surface area contributed by atoms with E-state index in [1.165, 1.54) is 0 Å². The monoisotopic (exact) mass is 398 g/mol. The summed E-state index contributed by atoms with van der Waals surface area (Å²) in [4.78, 5) is 17.3. The molecule has 0 aliphatic carbocycles. The molecule has 0 spiro atoms. The Balaban J connectivity index is 1.68. The number of para-hydroxylation sites is 1. The molecule has 2 aromatic heterocycles. The highest BCUT2D eigenvalue weighted by atomic mass is 32.1. The van der Waals surface area contributed by atoms with E-state index in [1.807, 2.05) is 31.2 Å². The third kappa shape index (κ3) is 5.05. The summed E-state index contributed by atoms with van der Waals surface area (Å²) in [5.74, 6) is 0.282. The predicted molar refractivity (Wildman–Crippen MR) is 112 cm³/mol. The van der Waals surface area contributed by atoms with Crippen molar-refractivity contribution in [2.75, 3.05) is 19.8 Å². The maximum atomic E-state index is 12.8. The van der Waals surface area contributed by atoms with Crippen LogP contribution in [0.5, 0.6) is 0 Å². The van der Waals surface area contributed by atoms with Gasteiger partial charge in [0, 0.05) is 25.1 Å². The van der Waals surface area contributed by atoms with Gasteiger partial charge in [-0.25, -0.2) is 4.98 Å². The second-order valence-electron chi connectivity index (χ2n) is 5.94. The van der Waals surface area contributed by atoms with Crippen LogP contribution in [0.4, 0.5) is 0 Å². The summed E-state index contributed by atoms with van der Waals surface area (Å²) < 4.78 is 10.7. The molecule has 28 heavy (non-hydrogen) atoms. The van der Waals surface area contributed by atoms with Crippen molar-refractivity contribution in [2.45, 2.75) is 13.3 Å². The first kappa shape index (κ1) is 19.8. The molecule has 0 atom stereocenters. The Bertz CT molecular complexity index is 944. The highest BCUT2D eigenvalue weighted by Gasteiger charge is 2.15. The van der Waals surface area contributed by atoms with Crippen molar-refractivity contribution in [3.63, 3.8) is 0 Å². The van der Waals surface area contributed by atoms with Crippen LogP contribution < -0.4 is 16.2 Å². The van der Waals surface area contributed by atoms with Gasteiger partial charge in [0.15, 0.2) is 10.9 Å². The van der Waals surface area contributed by atoms with Crippen LogP contribution in [0.25, 0.3) is 22.4 Å². The second-order valence-corrected chi connectivity index (χ2v) is 6.34. The van der Waals surface area contributed by atoms with Gasteiger partial charge >= 0.3 is 0 Å². The summed E-state index contributed by atoms with van der Waals surface area (Å²) >= 11 is 5.18. The molecule has 7 nitrogen and oxygen atoms in total. The van der Waals surface area contributed by atoms with Crippen LogP contribution in [-0.2, 0) is 4.74 Å². The quantitative estimate of drug-likeness (QED) is 0.320. The minimum absolute atomic E-state index is 0.315. The standard InChI is InChI=1S/C20H22N4O3S/c1-2-26-11-6-10-21-20(28)24-23-19(25)15-13-17(18-9-5-12-27-18)22-16-8-4-3-7-14(15)16/h3-5,7-9,12-13H,2,6,10-11H2,1H3,(H,23,25)(H2,21,24,28). The number of carbonyl (C=O) groups is 1.